The molecule has 1 aliphatic rings. The molecular formula is C21H23ClN4O2S. The SMILES string of the molecule is CC(C)Cc1cc(C(=O)O)nn1Cc1cc(Cl)cc2sc(N3CC=CCC3)nc12. The van der Waals surface area contributed by atoms with E-state index >= 15 is 0 Å². The molecule has 8 heteroatoms. The van der Waals surface area contributed by atoms with Gasteiger partial charge in [0.1, 0.15) is 0 Å². The number of carboxylic acid groups (broad SMARTS) is 1. The van der Waals surface area contributed by atoms with Gasteiger partial charge in [0.05, 0.1) is 16.8 Å². The molecule has 0 radical (unpaired) electrons. The molecule has 0 atom stereocenters. The highest BCUT2D eigenvalue weighted by molar-refractivity contribution is 7.22. The lowest BCUT2D eigenvalue weighted by Crippen LogP contribution is -2.26. The lowest BCUT2D eigenvalue weighted by Gasteiger charge is -2.22. The third kappa shape index (κ3) is 4.31. The summed E-state index contributed by atoms with van der Waals surface area (Å²) in [4.78, 5) is 18.6. The maximum atomic E-state index is 11.4. The Morgan fingerprint density at radius 2 is 2.14 bits per heavy atom. The van der Waals surface area contributed by atoms with Crippen LogP contribution in [-0.4, -0.2) is 38.9 Å². The summed E-state index contributed by atoms with van der Waals surface area (Å²) in [6.07, 6.45) is 6.14. The monoisotopic (exact) mass is 430 g/mol. The van der Waals surface area contributed by atoms with E-state index in [0.29, 0.717) is 17.5 Å². The number of hydrogen-bond acceptors (Lipinski definition) is 5. The second kappa shape index (κ2) is 8.16. The first-order chi connectivity index (χ1) is 13.9. The van der Waals surface area contributed by atoms with Gasteiger partial charge in [0.15, 0.2) is 10.8 Å². The molecule has 0 amide bonds. The number of hydrogen-bond donors (Lipinski definition) is 1. The van der Waals surface area contributed by atoms with Gasteiger partial charge in [-0.15, -0.1) is 0 Å². The molecule has 0 saturated carbocycles. The highest BCUT2D eigenvalue weighted by atomic mass is 35.5. The smallest absolute Gasteiger partial charge is 0.356 e. The summed E-state index contributed by atoms with van der Waals surface area (Å²) in [6, 6.07) is 5.52. The van der Waals surface area contributed by atoms with E-state index in [1.165, 1.54) is 0 Å². The van der Waals surface area contributed by atoms with Crippen molar-refractivity contribution in [3.8, 4) is 0 Å². The molecule has 0 unspecified atom stereocenters. The van der Waals surface area contributed by atoms with Gasteiger partial charge in [-0.1, -0.05) is 48.9 Å². The van der Waals surface area contributed by atoms with Gasteiger partial charge in [0.2, 0.25) is 0 Å². The van der Waals surface area contributed by atoms with Gasteiger partial charge in [-0.2, -0.15) is 5.10 Å². The van der Waals surface area contributed by atoms with E-state index in [2.05, 4.69) is 36.0 Å². The van der Waals surface area contributed by atoms with Crippen molar-refractivity contribution in [3.05, 3.63) is 52.3 Å². The minimum absolute atomic E-state index is 0.0676. The highest BCUT2D eigenvalue weighted by Gasteiger charge is 2.19. The van der Waals surface area contributed by atoms with Crippen LogP contribution in [0, 0.1) is 5.92 Å². The summed E-state index contributed by atoms with van der Waals surface area (Å²) in [5, 5.41) is 15.3. The molecule has 3 aromatic rings. The predicted molar refractivity (Wildman–Crippen MR) is 117 cm³/mol. The van der Waals surface area contributed by atoms with Gasteiger partial charge in [-0.25, -0.2) is 9.78 Å². The summed E-state index contributed by atoms with van der Waals surface area (Å²) >= 11 is 8.04. The van der Waals surface area contributed by atoms with Gasteiger partial charge >= 0.3 is 5.97 Å². The molecule has 6 nitrogen and oxygen atoms in total. The van der Waals surface area contributed by atoms with E-state index < -0.39 is 5.97 Å². The quantitative estimate of drug-likeness (QED) is 0.565. The van der Waals surface area contributed by atoms with E-state index in [4.69, 9.17) is 16.6 Å². The van der Waals surface area contributed by atoms with Crippen LogP contribution in [-0.2, 0) is 13.0 Å². The zero-order valence-corrected chi connectivity index (χ0v) is 18.0. The Morgan fingerprint density at radius 1 is 1.31 bits per heavy atom. The highest BCUT2D eigenvalue weighted by Crippen LogP contribution is 2.34. The molecule has 2 aromatic heterocycles. The van der Waals surface area contributed by atoms with Gasteiger partial charge < -0.3 is 10.0 Å². The number of rotatable bonds is 6. The molecule has 4 rings (SSSR count). The van der Waals surface area contributed by atoms with Crippen LogP contribution >= 0.6 is 22.9 Å². The van der Waals surface area contributed by atoms with Gasteiger partial charge in [-0.3, -0.25) is 4.68 Å². The first-order valence-electron chi connectivity index (χ1n) is 9.69. The van der Waals surface area contributed by atoms with Crippen LogP contribution in [0.2, 0.25) is 5.02 Å². The molecule has 3 heterocycles. The number of anilines is 1. The third-order valence-electron chi connectivity index (χ3n) is 4.88. The van der Waals surface area contributed by atoms with E-state index in [0.717, 1.165) is 52.5 Å². The average Bonchev–Trinajstić information content (AvgIpc) is 3.26. The van der Waals surface area contributed by atoms with Crippen LogP contribution in [0.25, 0.3) is 10.2 Å². The number of carbonyl (C=O) groups is 1. The zero-order chi connectivity index (χ0) is 20.5. The van der Waals surface area contributed by atoms with Crippen molar-refractivity contribution in [3.63, 3.8) is 0 Å². The Balaban J connectivity index is 1.73. The van der Waals surface area contributed by atoms with Crippen LogP contribution in [0.1, 0.15) is 42.0 Å². The van der Waals surface area contributed by atoms with Gasteiger partial charge in [0.25, 0.3) is 0 Å². The maximum absolute atomic E-state index is 11.4. The van der Waals surface area contributed by atoms with Crippen LogP contribution in [0.3, 0.4) is 0 Å². The molecule has 0 fully saturated rings. The molecule has 1 aromatic carbocycles. The maximum Gasteiger partial charge on any atom is 0.356 e. The molecule has 29 heavy (non-hydrogen) atoms. The first-order valence-corrected chi connectivity index (χ1v) is 10.9. The summed E-state index contributed by atoms with van der Waals surface area (Å²) in [7, 11) is 0. The number of aromatic carboxylic acids is 1. The topological polar surface area (TPSA) is 71.2 Å². The molecule has 0 saturated heterocycles. The van der Waals surface area contributed by atoms with E-state index in [1.54, 1.807) is 22.1 Å². The molecule has 1 N–H and O–H groups in total. The van der Waals surface area contributed by atoms with Crippen molar-refractivity contribution in [2.75, 3.05) is 18.0 Å². The number of nitrogens with zero attached hydrogens (tertiary/aromatic N) is 4. The Morgan fingerprint density at radius 3 is 2.83 bits per heavy atom. The first kappa shape index (κ1) is 19.9. The third-order valence-corrected chi connectivity index (χ3v) is 6.16. The van der Waals surface area contributed by atoms with E-state index in [-0.39, 0.29) is 5.69 Å². The Kier molecular flexibility index (Phi) is 5.61. The second-order valence-electron chi connectivity index (χ2n) is 7.70. The lowest BCUT2D eigenvalue weighted by atomic mass is 10.1. The molecule has 0 aliphatic carbocycles. The van der Waals surface area contributed by atoms with Crippen LogP contribution < -0.4 is 4.90 Å². The van der Waals surface area contributed by atoms with E-state index in [9.17, 15) is 9.90 Å². The summed E-state index contributed by atoms with van der Waals surface area (Å²) < 4.78 is 2.81. The predicted octanol–water partition coefficient (Wildman–Crippen LogP) is 4.86. The molecular weight excluding hydrogens is 408 g/mol. The zero-order valence-electron chi connectivity index (χ0n) is 16.4. The lowest BCUT2D eigenvalue weighted by molar-refractivity contribution is 0.0689. The molecule has 0 bridgehead atoms. The second-order valence-corrected chi connectivity index (χ2v) is 9.14. The fourth-order valence-electron chi connectivity index (χ4n) is 3.56. The molecule has 152 valence electrons. The van der Waals surface area contributed by atoms with Crippen molar-refractivity contribution < 1.29 is 9.90 Å². The average molecular weight is 431 g/mol. The van der Waals surface area contributed by atoms with Crippen LogP contribution in [0.5, 0.6) is 0 Å². The van der Waals surface area contributed by atoms with Crippen molar-refractivity contribution >= 4 is 44.3 Å². The fraction of sp³-hybridized carbons (Fsp3) is 0.381. The number of carboxylic acids is 1. The van der Waals surface area contributed by atoms with E-state index in [1.807, 2.05) is 12.1 Å². The minimum Gasteiger partial charge on any atom is -0.476 e. The van der Waals surface area contributed by atoms with Crippen molar-refractivity contribution in [1.29, 1.82) is 0 Å². The summed E-state index contributed by atoms with van der Waals surface area (Å²) in [5.74, 6) is -0.622. The number of halogens is 1. The van der Waals surface area contributed by atoms with Crippen LogP contribution in [0.4, 0.5) is 5.13 Å². The molecule has 0 spiro atoms. The summed E-state index contributed by atoms with van der Waals surface area (Å²) in [5.41, 5.74) is 2.83. The van der Waals surface area contributed by atoms with Crippen LogP contribution in [0.15, 0.2) is 30.4 Å². The largest absolute Gasteiger partial charge is 0.476 e. The standard InChI is InChI=1S/C21H23ClN4O2S/c1-13(2)8-16-11-17(20(27)28)24-26(16)12-14-9-15(22)10-18-19(14)23-21(29-18)25-6-4-3-5-7-25/h3-4,9-11,13H,5-8,12H2,1-2H3,(H,27,28). The Labute approximate surface area is 178 Å². The van der Waals surface area contributed by atoms with Gasteiger partial charge in [-0.05, 0) is 37.0 Å². The fourth-order valence-corrected chi connectivity index (χ4v) is 4.95. The minimum atomic E-state index is -1.01. The Hall–Kier alpha value is -2.38. The number of benzene rings is 1. The van der Waals surface area contributed by atoms with Gasteiger partial charge in [0, 0.05) is 29.4 Å². The van der Waals surface area contributed by atoms with Crippen molar-refractivity contribution in [1.82, 2.24) is 14.8 Å². The van der Waals surface area contributed by atoms with Crippen molar-refractivity contribution in [2.45, 2.75) is 33.2 Å². The molecule has 1 aliphatic heterocycles. The number of aromatic nitrogens is 3. The number of fused-ring (bicyclic) bond motifs is 1. The normalized spacial score (nSPS) is 14.3. The number of thiazole rings is 1. The summed E-state index contributed by atoms with van der Waals surface area (Å²) in [6.45, 7) is 6.47. The van der Waals surface area contributed by atoms with Crippen molar-refractivity contribution in [2.24, 2.45) is 5.92 Å². The Bertz CT molecular complexity index is 1090.